The molecule has 0 aliphatic carbocycles. The largest absolute Gasteiger partial charge is 0.444 e. The van der Waals surface area contributed by atoms with Gasteiger partial charge in [-0.05, 0) is 40.1 Å². The van der Waals surface area contributed by atoms with Crippen LogP contribution in [0.25, 0.3) is 10.4 Å². The fourth-order valence-corrected chi connectivity index (χ4v) is 2.13. The van der Waals surface area contributed by atoms with Crippen LogP contribution in [-0.4, -0.2) is 59.8 Å². The normalized spacial score (nSPS) is 17.6. The molecule has 0 saturated carbocycles. The number of ether oxygens (including phenoxy) is 1. The van der Waals surface area contributed by atoms with Crippen LogP contribution in [0.2, 0.25) is 0 Å². The van der Waals surface area contributed by atoms with E-state index in [0.717, 1.165) is 13.1 Å². The van der Waals surface area contributed by atoms with Gasteiger partial charge in [0.1, 0.15) is 5.60 Å². The van der Waals surface area contributed by atoms with Gasteiger partial charge in [-0.2, -0.15) is 0 Å². The first-order valence-corrected chi connectivity index (χ1v) is 6.89. The van der Waals surface area contributed by atoms with Crippen molar-refractivity contribution in [2.45, 2.75) is 45.8 Å². The zero-order chi connectivity index (χ0) is 15.4. The molecule has 0 spiro atoms. The second kappa shape index (κ2) is 6.33. The lowest BCUT2D eigenvalue weighted by Crippen LogP contribution is -2.57. The summed E-state index contributed by atoms with van der Waals surface area (Å²) in [5.74, 6) is 0. The fraction of sp³-hybridized carbons (Fsp3) is 0.923. The molecule has 0 aromatic rings. The molecule has 0 N–H and O–H groups in total. The first-order chi connectivity index (χ1) is 9.15. The molecule has 1 heterocycles. The summed E-state index contributed by atoms with van der Waals surface area (Å²) in [7, 11) is 0. The highest BCUT2D eigenvalue weighted by Gasteiger charge is 2.32. The summed E-state index contributed by atoms with van der Waals surface area (Å²) in [5.41, 5.74) is 7.77. The summed E-state index contributed by atoms with van der Waals surface area (Å²) in [6.07, 6.45) is -0.259. The van der Waals surface area contributed by atoms with Crippen LogP contribution in [0.3, 0.4) is 0 Å². The quantitative estimate of drug-likeness (QED) is 0.453. The van der Waals surface area contributed by atoms with Crippen LogP contribution in [0, 0.1) is 0 Å². The maximum atomic E-state index is 12.0. The van der Waals surface area contributed by atoms with Crippen molar-refractivity contribution >= 4 is 6.09 Å². The Balaban J connectivity index is 2.51. The number of azide groups is 1. The third-order valence-corrected chi connectivity index (χ3v) is 3.31. The molecule has 20 heavy (non-hydrogen) atoms. The van der Waals surface area contributed by atoms with Crippen LogP contribution in [0.4, 0.5) is 4.79 Å². The Kier molecular flexibility index (Phi) is 5.25. The Bertz CT molecular complexity index is 388. The molecular formula is C13H25N5O2. The fourth-order valence-electron chi connectivity index (χ4n) is 2.13. The highest BCUT2D eigenvalue weighted by molar-refractivity contribution is 5.68. The molecule has 0 unspecified atom stereocenters. The first-order valence-electron chi connectivity index (χ1n) is 6.89. The first kappa shape index (κ1) is 16.6. The van der Waals surface area contributed by atoms with E-state index in [1.165, 1.54) is 0 Å². The third kappa shape index (κ3) is 4.90. The van der Waals surface area contributed by atoms with Gasteiger partial charge in [0.2, 0.25) is 0 Å². The van der Waals surface area contributed by atoms with Crippen LogP contribution in [0.15, 0.2) is 5.11 Å². The molecule has 0 atom stereocenters. The van der Waals surface area contributed by atoms with Gasteiger partial charge in [0.25, 0.3) is 0 Å². The van der Waals surface area contributed by atoms with E-state index in [2.05, 4.69) is 14.9 Å². The number of amides is 1. The number of piperazine rings is 1. The highest BCUT2D eigenvalue weighted by Crippen LogP contribution is 2.19. The average Bonchev–Trinajstić information content (AvgIpc) is 2.34. The van der Waals surface area contributed by atoms with Crippen molar-refractivity contribution in [1.29, 1.82) is 0 Å². The molecule has 1 amide bonds. The lowest BCUT2D eigenvalue weighted by molar-refractivity contribution is 0.00312. The summed E-state index contributed by atoms with van der Waals surface area (Å²) in [6, 6.07) is 0. The molecular weight excluding hydrogens is 258 g/mol. The maximum absolute atomic E-state index is 12.0. The highest BCUT2D eigenvalue weighted by atomic mass is 16.6. The number of nitrogens with zero attached hydrogens (tertiary/aromatic N) is 5. The van der Waals surface area contributed by atoms with Crippen LogP contribution in [0.5, 0.6) is 0 Å². The summed E-state index contributed by atoms with van der Waals surface area (Å²) in [4.78, 5) is 18.7. The zero-order valence-electron chi connectivity index (χ0n) is 13.1. The third-order valence-electron chi connectivity index (χ3n) is 3.31. The average molecular weight is 283 g/mol. The molecule has 1 saturated heterocycles. The monoisotopic (exact) mass is 283 g/mol. The minimum absolute atomic E-state index is 0.188. The standard InChI is InChI=1S/C13H25N5O2/c1-12(2,3)20-11(19)17-6-8-18(9-7-17)13(4,5)10-15-16-14/h6-10H2,1-5H3. The Morgan fingerprint density at radius 3 is 2.20 bits per heavy atom. The molecule has 1 aliphatic heterocycles. The van der Waals surface area contributed by atoms with Gasteiger partial charge in [0.05, 0.1) is 0 Å². The van der Waals surface area contributed by atoms with Gasteiger partial charge in [0, 0.05) is 43.2 Å². The van der Waals surface area contributed by atoms with E-state index >= 15 is 0 Å². The van der Waals surface area contributed by atoms with Crippen molar-refractivity contribution in [3.8, 4) is 0 Å². The second-order valence-corrected chi connectivity index (χ2v) is 6.66. The molecule has 7 heteroatoms. The molecule has 7 nitrogen and oxygen atoms in total. The summed E-state index contributed by atoms with van der Waals surface area (Å²) < 4.78 is 5.36. The molecule has 0 aromatic carbocycles. The summed E-state index contributed by atoms with van der Waals surface area (Å²) in [6.45, 7) is 12.9. The van der Waals surface area contributed by atoms with Crippen LogP contribution >= 0.6 is 0 Å². The Labute approximate surface area is 120 Å². The van der Waals surface area contributed by atoms with E-state index in [9.17, 15) is 4.79 Å². The predicted octanol–water partition coefficient (Wildman–Crippen LogP) is 2.63. The van der Waals surface area contributed by atoms with E-state index < -0.39 is 5.60 Å². The van der Waals surface area contributed by atoms with Crippen LogP contribution in [0.1, 0.15) is 34.6 Å². The van der Waals surface area contributed by atoms with Gasteiger partial charge in [0.15, 0.2) is 0 Å². The van der Waals surface area contributed by atoms with Gasteiger partial charge >= 0.3 is 6.09 Å². The number of carbonyl (C=O) groups is 1. The Hall–Kier alpha value is -1.46. The molecule has 0 radical (unpaired) electrons. The zero-order valence-corrected chi connectivity index (χ0v) is 13.1. The van der Waals surface area contributed by atoms with Crippen LogP contribution in [-0.2, 0) is 4.74 Å². The number of rotatable bonds is 3. The smallest absolute Gasteiger partial charge is 0.410 e. The SMILES string of the molecule is CC(C)(C)OC(=O)N1CCN(C(C)(C)CN=[N+]=[N-])CC1. The minimum atomic E-state index is -0.463. The predicted molar refractivity (Wildman–Crippen MR) is 77.5 cm³/mol. The van der Waals surface area contributed by atoms with Gasteiger partial charge in [-0.3, -0.25) is 4.90 Å². The molecule has 0 aromatic heterocycles. The van der Waals surface area contributed by atoms with E-state index in [-0.39, 0.29) is 11.6 Å². The summed E-state index contributed by atoms with van der Waals surface area (Å²) in [5, 5.41) is 3.65. The Morgan fingerprint density at radius 2 is 1.75 bits per heavy atom. The van der Waals surface area contributed by atoms with E-state index in [1.54, 1.807) is 4.90 Å². The van der Waals surface area contributed by atoms with Gasteiger partial charge in [-0.25, -0.2) is 4.79 Å². The number of hydrogen-bond donors (Lipinski definition) is 0. The topological polar surface area (TPSA) is 81.5 Å². The molecule has 1 rings (SSSR count). The maximum Gasteiger partial charge on any atom is 0.410 e. The molecule has 1 fully saturated rings. The van der Waals surface area contributed by atoms with E-state index in [1.807, 2.05) is 34.6 Å². The number of hydrogen-bond acceptors (Lipinski definition) is 4. The van der Waals surface area contributed by atoms with Crippen molar-refractivity contribution in [1.82, 2.24) is 9.80 Å². The van der Waals surface area contributed by atoms with E-state index in [0.29, 0.717) is 19.6 Å². The lowest BCUT2D eigenvalue weighted by Gasteiger charge is -2.43. The van der Waals surface area contributed by atoms with Gasteiger partial charge in [-0.15, -0.1) is 0 Å². The van der Waals surface area contributed by atoms with Gasteiger partial charge in [-0.1, -0.05) is 5.11 Å². The van der Waals surface area contributed by atoms with Gasteiger partial charge < -0.3 is 9.64 Å². The Morgan fingerprint density at radius 1 is 1.20 bits per heavy atom. The molecule has 0 bridgehead atoms. The van der Waals surface area contributed by atoms with E-state index in [4.69, 9.17) is 10.3 Å². The van der Waals surface area contributed by atoms with Crippen LogP contribution < -0.4 is 0 Å². The van der Waals surface area contributed by atoms with Crippen molar-refractivity contribution in [2.24, 2.45) is 5.11 Å². The van der Waals surface area contributed by atoms with Crippen molar-refractivity contribution in [3.63, 3.8) is 0 Å². The van der Waals surface area contributed by atoms with Crippen molar-refractivity contribution in [3.05, 3.63) is 10.4 Å². The summed E-state index contributed by atoms with van der Waals surface area (Å²) >= 11 is 0. The molecule has 1 aliphatic rings. The number of carbonyl (C=O) groups excluding carboxylic acids is 1. The lowest BCUT2D eigenvalue weighted by atomic mass is 10.0. The van der Waals surface area contributed by atoms with Crippen molar-refractivity contribution in [2.75, 3.05) is 32.7 Å². The van der Waals surface area contributed by atoms with Crippen molar-refractivity contribution < 1.29 is 9.53 Å². The molecule has 114 valence electrons. The second-order valence-electron chi connectivity index (χ2n) is 6.66. The minimum Gasteiger partial charge on any atom is -0.444 e.